The zero-order valence-electron chi connectivity index (χ0n) is 15.4. The van der Waals surface area contributed by atoms with Crippen LogP contribution in [0.1, 0.15) is 16.7 Å². The summed E-state index contributed by atoms with van der Waals surface area (Å²) in [5, 5.41) is 6.11. The Balaban J connectivity index is 1.95. The maximum Gasteiger partial charge on any atom is 0.416 e. The molecule has 146 valence electrons. The number of hydrogen-bond donors (Lipinski definition) is 2. The van der Waals surface area contributed by atoms with Gasteiger partial charge in [-0.2, -0.15) is 13.2 Å². The van der Waals surface area contributed by atoms with Gasteiger partial charge in [0, 0.05) is 20.1 Å². The van der Waals surface area contributed by atoms with E-state index in [-0.39, 0.29) is 6.54 Å². The van der Waals surface area contributed by atoms with Gasteiger partial charge in [0.2, 0.25) is 0 Å². The second kappa shape index (κ2) is 9.16. The maximum atomic E-state index is 12.8. The molecule has 2 aromatic rings. The molecule has 0 spiro atoms. The van der Waals surface area contributed by atoms with Gasteiger partial charge in [-0.15, -0.1) is 0 Å². The average Bonchev–Trinajstić information content (AvgIpc) is 2.67. The first-order chi connectivity index (χ1) is 12.9. The molecule has 0 bridgehead atoms. The molecule has 8 heteroatoms. The zero-order chi connectivity index (χ0) is 19.9. The van der Waals surface area contributed by atoms with Gasteiger partial charge in [0.25, 0.3) is 0 Å². The Morgan fingerprint density at radius 1 is 0.926 bits per heavy atom. The van der Waals surface area contributed by atoms with Gasteiger partial charge in [-0.1, -0.05) is 18.2 Å². The second-order valence-corrected chi connectivity index (χ2v) is 5.67. The SMILES string of the molecule is CN=C(NCc1cccc(C(F)(F)F)c1)NCc1ccc(OC)c(OC)c1. The summed E-state index contributed by atoms with van der Waals surface area (Å²) in [5.74, 6) is 1.72. The number of benzene rings is 2. The van der Waals surface area contributed by atoms with Crippen LogP contribution in [0.4, 0.5) is 13.2 Å². The van der Waals surface area contributed by atoms with E-state index in [1.165, 1.54) is 6.07 Å². The highest BCUT2D eigenvalue weighted by molar-refractivity contribution is 5.79. The summed E-state index contributed by atoms with van der Waals surface area (Å²) in [6.45, 7) is 0.679. The van der Waals surface area contributed by atoms with Crippen LogP contribution in [0, 0.1) is 0 Å². The molecule has 2 rings (SSSR count). The van der Waals surface area contributed by atoms with Crippen LogP contribution in [-0.4, -0.2) is 27.2 Å². The van der Waals surface area contributed by atoms with Crippen LogP contribution in [0.25, 0.3) is 0 Å². The molecule has 0 amide bonds. The highest BCUT2D eigenvalue weighted by atomic mass is 19.4. The summed E-state index contributed by atoms with van der Waals surface area (Å²) in [6.07, 6.45) is -4.36. The van der Waals surface area contributed by atoms with Crippen LogP contribution in [0.15, 0.2) is 47.5 Å². The Kier molecular flexibility index (Phi) is 6.92. The molecule has 0 aliphatic heterocycles. The topological polar surface area (TPSA) is 54.9 Å². The van der Waals surface area contributed by atoms with Crippen molar-refractivity contribution >= 4 is 5.96 Å². The molecule has 0 fully saturated rings. The predicted molar refractivity (Wildman–Crippen MR) is 98.0 cm³/mol. The molecule has 0 aliphatic rings. The van der Waals surface area contributed by atoms with Gasteiger partial charge in [-0.25, -0.2) is 0 Å². The number of nitrogens with one attached hydrogen (secondary N) is 2. The molecule has 5 nitrogen and oxygen atoms in total. The van der Waals surface area contributed by atoms with E-state index in [9.17, 15) is 13.2 Å². The molecule has 0 saturated heterocycles. The predicted octanol–water partition coefficient (Wildman–Crippen LogP) is 3.59. The largest absolute Gasteiger partial charge is 0.493 e. The third kappa shape index (κ3) is 5.80. The second-order valence-electron chi connectivity index (χ2n) is 5.67. The lowest BCUT2D eigenvalue weighted by molar-refractivity contribution is -0.137. The van der Waals surface area contributed by atoms with E-state index >= 15 is 0 Å². The minimum absolute atomic E-state index is 0.218. The average molecular weight is 381 g/mol. The van der Waals surface area contributed by atoms with Crippen LogP contribution in [0.3, 0.4) is 0 Å². The fourth-order valence-corrected chi connectivity index (χ4v) is 2.44. The molecule has 0 heterocycles. The Hall–Kier alpha value is -2.90. The standard InChI is InChI=1S/C19H22F3N3O2/c1-23-18(24-11-13-5-4-6-15(9-13)19(20,21)22)25-12-14-7-8-16(26-2)17(10-14)27-3/h4-10H,11-12H2,1-3H3,(H2,23,24,25). The number of guanidine groups is 1. The van der Waals surface area contributed by atoms with E-state index in [4.69, 9.17) is 9.47 Å². The first-order valence-corrected chi connectivity index (χ1v) is 8.19. The number of alkyl halides is 3. The molecular formula is C19H22F3N3O2. The van der Waals surface area contributed by atoms with Crippen LogP contribution < -0.4 is 20.1 Å². The number of rotatable bonds is 6. The molecule has 0 radical (unpaired) electrons. The summed E-state index contributed by atoms with van der Waals surface area (Å²) in [6, 6.07) is 10.7. The van der Waals surface area contributed by atoms with Crippen molar-refractivity contribution in [3.05, 3.63) is 59.2 Å². The zero-order valence-corrected chi connectivity index (χ0v) is 15.4. The number of methoxy groups -OCH3 is 2. The molecule has 2 N–H and O–H groups in total. The first kappa shape index (κ1) is 20.4. The Morgan fingerprint density at radius 2 is 1.56 bits per heavy atom. The Bertz CT molecular complexity index is 792. The number of hydrogen-bond acceptors (Lipinski definition) is 3. The van der Waals surface area contributed by atoms with E-state index in [1.807, 2.05) is 12.1 Å². The van der Waals surface area contributed by atoms with Crippen LogP contribution in [-0.2, 0) is 19.3 Å². The lowest BCUT2D eigenvalue weighted by atomic mass is 10.1. The molecular weight excluding hydrogens is 359 g/mol. The van der Waals surface area contributed by atoms with Gasteiger partial charge >= 0.3 is 6.18 Å². The van der Waals surface area contributed by atoms with Crippen LogP contribution >= 0.6 is 0 Å². The van der Waals surface area contributed by atoms with E-state index in [2.05, 4.69) is 15.6 Å². The van der Waals surface area contributed by atoms with Gasteiger partial charge in [-0.05, 0) is 35.4 Å². The fourth-order valence-electron chi connectivity index (χ4n) is 2.44. The highest BCUT2D eigenvalue weighted by Gasteiger charge is 2.30. The third-order valence-corrected chi connectivity index (χ3v) is 3.85. The number of aliphatic imine (C=N–C) groups is 1. The van der Waals surface area contributed by atoms with Gasteiger partial charge in [0.15, 0.2) is 17.5 Å². The van der Waals surface area contributed by atoms with Gasteiger partial charge in [0.1, 0.15) is 0 Å². The van der Waals surface area contributed by atoms with Crippen LogP contribution in [0.2, 0.25) is 0 Å². The highest BCUT2D eigenvalue weighted by Crippen LogP contribution is 2.29. The number of nitrogens with zero attached hydrogens (tertiary/aromatic N) is 1. The molecule has 0 unspecified atom stereocenters. The summed E-state index contributed by atoms with van der Waals surface area (Å²) in [7, 11) is 4.72. The fraction of sp³-hybridized carbons (Fsp3) is 0.316. The van der Waals surface area contributed by atoms with Crippen molar-refractivity contribution in [1.29, 1.82) is 0 Å². The monoisotopic (exact) mass is 381 g/mol. The van der Waals surface area contributed by atoms with Crippen LogP contribution in [0.5, 0.6) is 11.5 Å². The summed E-state index contributed by atoms with van der Waals surface area (Å²) in [5.41, 5.74) is 0.781. The lowest BCUT2D eigenvalue weighted by Gasteiger charge is -2.14. The quantitative estimate of drug-likeness (QED) is 0.593. The van der Waals surface area contributed by atoms with Crippen molar-refractivity contribution in [2.75, 3.05) is 21.3 Å². The summed E-state index contributed by atoms with van der Waals surface area (Å²) >= 11 is 0. The van der Waals surface area contributed by atoms with E-state index in [0.29, 0.717) is 29.6 Å². The van der Waals surface area contributed by atoms with E-state index < -0.39 is 11.7 Å². The lowest BCUT2D eigenvalue weighted by Crippen LogP contribution is -2.36. The van der Waals surface area contributed by atoms with Gasteiger partial charge in [0.05, 0.1) is 19.8 Å². The molecule has 0 aromatic heterocycles. The van der Waals surface area contributed by atoms with Crippen molar-refractivity contribution in [2.45, 2.75) is 19.3 Å². The van der Waals surface area contributed by atoms with Crippen molar-refractivity contribution in [1.82, 2.24) is 10.6 Å². The molecule has 2 aromatic carbocycles. The summed E-state index contributed by atoms with van der Waals surface area (Å²) < 4.78 is 48.8. The normalized spacial score (nSPS) is 11.9. The Labute approximate surface area is 156 Å². The molecule has 27 heavy (non-hydrogen) atoms. The van der Waals surface area contributed by atoms with E-state index in [0.717, 1.165) is 17.7 Å². The Morgan fingerprint density at radius 3 is 2.11 bits per heavy atom. The van der Waals surface area contributed by atoms with Gasteiger partial charge in [-0.3, -0.25) is 4.99 Å². The molecule has 0 aliphatic carbocycles. The summed E-state index contributed by atoms with van der Waals surface area (Å²) in [4.78, 5) is 4.08. The first-order valence-electron chi connectivity index (χ1n) is 8.19. The minimum Gasteiger partial charge on any atom is -0.493 e. The minimum atomic E-state index is -4.36. The molecule has 0 saturated carbocycles. The maximum absolute atomic E-state index is 12.8. The smallest absolute Gasteiger partial charge is 0.416 e. The van der Waals surface area contributed by atoms with Crippen molar-refractivity contribution in [3.8, 4) is 11.5 Å². The third-order valence-electron chi connectivity index (χ3n) is 3.85. The van der Waals surface area contributed by atoms with Gasteiger partial charge < -0.3 is 20.1 Å². The van der Waals surface area contributed by atoms with Crippen molar-refractivity contribution in [3.63, 3.8) is 0 Å². The number of ether oxygens (including phenoxy) is 2. The van der Waals surface area contributed by atoms with E-state index in [1.54, 1.807) is 33.4 Å². The van der Waals surface area contributed by atoms with Crippen molar-refractivity contribution in [2.24, 2.45) is 4.99 Å². The molecule has 0 atom stereocenters. The van der Waals surface area contributed by atoms with Crippen molar-refractivity contribution < 1.29 is 22.6 Å². The number of halogens is 3.